The maximum atomic E-state index is 12.4. The third-order valence-electron chi connectivity index (χ3n) is 4.99. The van der Waals surface area contributed by atoms with Gasteiger partial charge in [-0.1, -0.05) is 24.3 Å². The van der Waals surface area contributed by atoms with Crippen LogP contribution in [0.5, 0.6) is 11.5 Å². The first-order chi connectivity index (χ1) is 15.3. The van der Waals surface area contributed by atoms with Crippen molar-refractivity contribution in [2.24, 2.45) is 0 Å². The number of nitrogens with one attached hydrogen (secondary N) is 1. The van der Waals surface area contributed by atoms with Gasteiger partial charge >= 0.3 is 5.97 Å². The van der Waals surface area contributed by atoms with Crippen molar-refractivity contribution < 1.29 is 23.9 Å². The average molecular weight is 431 g/mol. The molecular weight excluding hydrogens is 406 g/mol. The molecule has 3 rings (SSSR count). The molecule has 0 aliphatic carbocycles. The van der Waals surface area contributed by atoms with Crippen LogP contribution in [0.3, 0.4) is 0 Å². The van der Waals surface area contributed by atoms with Crippen LogP contribution in [0.2, 0.25) is 0 Å². The summed E-state index contributed by atoms with van der Waals surface area (Å²) in [5.74, 6) is -0.105. The normalized spacial score (nSPS) is 10.3. The molecule has 0 bridgehead atoms. The molecule has 0 saturated carbocycles. The highest BCUT2D eigenvalue weighted by Crippen LogP contribution is 2.21. The fourth-order valence-corrected chi connectivity index (χ4v) is 3.09. The number of hydrogen-bond acceptors (Lipinski definition) is 5. The van der Waals surface area contributed by atoms with Crippen LogP contribution in [0.1, 0.15) is 37.4 Å². The maximum absolute atomic E-state index is 12.4. The Bertz CT molecular complexity index is 1120. The lowest BCUT2D eigenvalue weighted by atomic mass is 9.98. The number of ether oxygens (including phenoxy) is 2. The predicted octanol–water partition coefficient (Wildman–Crippen LogP) is 4.56. The van der Waals surface area contributed by atoms with Gasteiger partial charge in [-0.2, -0.15) is 0 Å². The van der Waals surface area contributed by atoms with E-state index in [0.717, 1.165) is 16.7 Å². The van der Waals surface area contributed by atoms with Gasteiger partial charge in [-0.05, 0) is 79.9 Å². The van der Waals surface area contributed by atoms with E-state index in [2.05, 4.69) is 5.32 Å². The van der Waals surface area contributed by atoms with Crippen molar-refractivity contribution >= 4 is 17.7 Å². The molecule has 1 amide bonds. The lowest BCUT2D eigenvalue weighted by Gasteiger charge is -2.10. The number of ketones is 1. The number of carbonyl (C=O) groups excluding carboxylic acids is 3. The van der Waals surface area contributed by atoms with Crippen molar-refractivity contribution in [1.82, 2.24) is 5.32 Å². The molecule has 0 heterocycles. The van der Waals surface area contributed by atoms with Gasteiger partial charge < -0.3 is 14.8 Å². The zero-order valence-corrected chi connectivity index (χ0v) is 18.3. The van der Waals surface area contributed by atoms with E-state index in [4.69, 9.17) is 9.47 Å². The second kappa shape index (κ2) is 10.4. The van der Waals surface area contributed by atoms with E-state index in [-0.39, 0.29) is 18.9 Å². The van der Waals surface area contributed by atoms with Crippen LogP contribution in [0.4, 0.5) is 0 Å². The zero-order chi connectivity index (χ0) is 23.1. The smallest absolute Gasteiger partial charge is 0.325 e. The van der Waals surface area contributed by atoms with Crippen LogP contribution >= 0.6 is 0 Å². The molecule has 6 heteroatoms. The summed E-state index contributed by atoms with van der Waals surface area (Å²) < 4.78 is 10.7. The predicted molar refractivity (Wildman–Crippen MR) is 121 cm³/mol. The minimum Gasteiger partial charge on any atom is -0.457 e. The Hall–Kier alpha value is -3.93. The first kappa shape index (κ1) is 22.7. The molecule has 0 fully saturated rings. The number of rotatable bonds is 8. The van der Waals surface area contributed by atoms with Gasteiger partial charge in [0.05, 0.1) is 0 Å². The maximum Gasteiger partial charge on any atom is 0.325 e. The van der Waals surface area contributed by atoms with Crippen LogP contribution < -0.4 is 10.1 Å². The molecule has 3 aromatic carbocycles. The lowest BCUT2D eigenvalue weighted by molar-refractivity contribution is -0.141. The molecule has 0 atom stereocenters. The zero-order valence-electron chi connectivity index (χ0n) is 18.3. The van der Waals surface area contributed by atoms with Crippen molar-refractivity contribution in [2.75, 3.05) is 13.2 Å². The summed E-state index contributed by atoms with van der Waals surface area (Å²) in [6.45, 7) is 5.04. The first-order valence-corrected chi connectivity index (χ1v) is 10.2. The minimum absolute atomic E-state index is 0.278. The third kappa shape index (κ3) is 6.04. The number of para-hydroxylation sites is 1. The molecule has 1 N–H and O–H groups in total. The number of Topliss-reactive ketones (excluding diaryl/α,β-unsaturated/α-hetero) is 1. The summed E-state index contributed by atoms with van der Waals surface area (Å²) in [4.78, 5) is 36.6. The van der Waals surface area contributed by atoms with Gasteiger partial charge in [-0.25, -0.2) is 0 Å². The standard InChI is InChI=1S/C26H25NO5/c1-17-13-19(3)23(14-18(17)2)24(28)16-31-25(29)15-27-26(30)20-9-11-22(12-10-20)32-21-7-5-4-6-8-21/h4-14H,15-16H2,1-3H3,(H,27,30). The van der Waals surface area contributed by atoms with Crippen molar-refractivity contribution in [3.05, 3.63) is 94.5 Å². The fraction of sp³-hybridized carbons (Fsp3) is 0.192. The highest BCUT2D eigenvalue weighted by molar-refractivity contribution is 6.00. The first-order valence-electron chi connectivity index (χ1n) is 10.2. The summed E-state index contributed by atoms with van der Waals surface area (Å²) in [6, 6.07) is 19.6. The summed E-state index contributed by atoms with van der Waals surface area (Å²) in [6.07, 6.45) is 0. The Balaban J connectivity index is 1.47. The van der Waals surface area contributed by atoms with Gasteiger partial charge in [0.25, 0.3) is 5.91 Å². The van der Waals surface area contributed by atoms with Gasteiger partial charge in [0.1, 0.15) is 18.0 Å². The topological polar surface area (TPSA) is 81.7 Å². The molecule has 0 spiro atoms. The van der Waals surface area contributed by atoms with Crippen molar-refractivity contribution in [3.63, 3.8) is 0 Å². The SMILES string of the molecule is Cc1cc(C)c(C(=O)COC(=O)CNC(=O)c2ccc(Oc3ccccc3)cc2)cc1C. The second-order valence-electron chi connectivity index (χ2n) is 7.46. The molecule has 164 valence electrons. The molecule has 32 heavy (non-hydrogen) atoms. The van der Waals surface area contributed by atoms with Crippen LogP contribution in [-0.2, 0) is 9.53 Å². The molecule has 0 aromatic heterocycles. The quantitative estimate of drug-likeness (QED) is 0.418. The summed E-state index contributed by atoms with van der Waals surface area (Å²) in [5, 5.41) is 2.49. The number of amides is 1. The Labute approximate surface area is 187 Å². The van der Waals surface area contributed by atoms with E-state index in [1.165, 1.54) is 0 Å². The van der Waals surface area contributed by atoms with Crippen molar-refractivity contribution in [2.45, 2.75) is 20.8 Å². The third-order valence-corrected chi connectivity index (χ3v) is 4.99. The minimum atomic E-state index is -0.683. The highest BCUT2D eigenvalue weighted by atomic mass is 16.5. The molecule has 6 nitrogen and oxygen atoms in total. The van der Waals surface area contributed by atoms with Crippen LogP contribution in [0, 0.1) is 20.8 Å². The summed E-state index contributed by atoms with van der Waals surface area (Å²) >= 11 is 0. The van der Waals surface area contributed by atoms with Gasteiger partial charge in [-0.15, -0.1) is 0 Å². The van der Waals surface area contributed by atoms with Gasteiger partial charge in [0.15, 0.2) is 6.61 Å². The molecule has 3 aromatic rings. The number of esters is 1. The number of carbonyl (C=O) groups is 3. The largest absolute Gasteiger partial charge is 0.457 e. The molecule has 0 aliphatic heterocycles. The van der Waals surface area contributed by atoms with Gasteiger partial charge in [0.2, 0.25) is 5.78 Å². The van der Waals surface area contributed by atoms with Gasteiger partial charge in [-0.3, -0.25) is 14.4 Å². The summed E-state index contributed by atoms with van der Waals surface area (Å²) in [7, 11) is 0. The number of benzene rings is 3. The molecular formula is C26H25NO5. The molecule has 0 aliphatic rings. The van der Waals surface area contributed by atoms with E-state index >= 15 is 0 Å². The van der Waals surface area contributed by atoms with Crippen LogP contribution in [-0.4, -0.2) is 30.8 Å². The molecule has 0 radical (unpaired) electrons. The Morgan fingerprint density at radius 3 is 2.09 bits per heavy atom. The molecule has 0 unspecified atom stereocenters. The van der Waals surface area contributed by atoms with E-state index in [1.807, 2.05) is 57.2 Å². The monoisotopic (exact) mass is 431 g/mol. The Morgan fingerprint density at radius 2 is 1.41 bits per heavy atom. The van der Waals surface area contributed by atoms with E-state index in [9.17, 15) is 14.4 Å². The van der Waals surface area contributed by atoms with E-state index in [0.29, 0.717) is 22.6 Å². The van der Waals surface area contributed by atoms with Crippen molar-refractivity contribution in [1.29, 1.82) is 0 Å². The van der Waals surface area contributed by atoms with E-state index < -0.39 is 11.9 Å². The van der Waals surface area contributed by atoms with Gasteiger partial charge in [0, 0.05) is 11.1 Å². The highest BCUT2D eigenvalue weighted by Gasteiger charge is 2.14. The van der Waals surface area contributed by atoms with E-state index in [1.54, 1.807) is 30.3 Å². The van der Waals surface area contributed by atoms with Crippen LogP contribution in [0.15, 0.2) is 66.7 Å². The summed E-state index contributed by atoms with van der Waals surface area (Å²) in [5.41, 5.74) is 3.83. The molecule has 0 saturated heterocycles. The average Bonchev–Trinajstić information content (AvgIpc) is 2.79. The number of hydrogen-bond donors (Lipinski definition) is 1. The number of aryl methyl sites for hydroxylation is 3. The van der Waals surface area contributed by atoms with Crippen LogP contribution in [0.25, 0.3) is 0 Å². The fourth-order valence-electron chi connectivity index (χ4n) is 3.09. The lowest BCUT2D eigenvalue weighted by Crippen LogP contribution is -2.31. The second-order valence-corrected chi connectivity index (χ2v) is 7.46. The van der Waals surface area contributed by atoms with Crippen molar-refractivity contribution in [3.8, 4) is 11.5 Å². The Morgan fingerprint density at radius 1 is 0.781 bits per heavy atom. The Kier molecular flexibility index (Phi) is 7.39.